The van der Waals surface area contributed by atoms with Crippen LogP contribution in [0, 0.1) is 5.82 Å². The standard InChI is InChI=1S/C10H11FN2O3/c11-7-3-1-2-6(4-7)5-8(9(14)15)13-10(12)16/h1-4,8H,5H2,(H,14,15)(H3,12,13,16)/t8-/m1/s1. The lowest BCUT2D eigenvalue weighted by Crippen LogP contribution is -2.44. The fourth-order valence-electron chi connectivity index (χ4n) is 1.27. The van der Waals surface area contributed by atoms with Crippen molar-refractivity contribution < 1.29 is 19.1 Å². The molecule has 0 aliphatic carbocycles. The van der Waals surface area contributed by atoms with Crippen molar-refractivity contribution in [2.45, 2.75) is 12.5 Å². The van der Waals surface area contributed by atoms with Crippen molar-refractivity contribution in [3.63, 3.8) is 0 Å². The van der Waals surface area contributed by atoms with Gasteiger partial charge in [-0.3, -0.25) is 0 Å². The number of aliphatic carboxylic acids is 1. The van der Waals surface area contributed by atoms with Crippen LogP contribution in [0.15, 0.2) is 24.3 Å². The second-order valence-corrected chi connectivity index (χ2v) is 3.23. The molecular formula is C10H11FN2O3. The zero-order valence-corrected chi connectivity index (χ0v) is 8.31. The molecule has 16 heavy (non-hydrogen) atoms. The molecule has 1 rings (SSSR count). The Morgan fingerprint density at radius 3 is 2.69 bits per heavy atom. The first-order valence-corrected chi connectivity index (χ1v) is 4.52. The van der Waals surface area contributed by atoms with E-state index in [1.54, 1.807) is 6.07 Å². The van der Waals surface area contributed by atoms with E-state index in [-0.39, 0.29) is 6.42 Å². The highest BCUT2D eigenvalue weighted by atomic mass is 19.1. The summed E-state index contributed by atoms with van der Waals surface area (Å²) in [4.78, 5) is 21.3. The van der Waals surface area contributed by atoms with E-state index in [4.69, 9.17) is 10.8 Å². The molecule has 0 unspecified atom stereocenters. The lowest BCUT2D eigenvalue weighted by Gasteiger charge is -2.12. The van der Waals surface area contributed by atoms with Gasteiger partial charge in [0.05, 0.1) is 0 Å². The van der Waals surface area contributed by atoms with Crippen LogP contribution in [0.3, 0.4) is 0 Å². The van der Waals surface area contributed by atoms with Crippen molar-refractivity contribution in [2.24, 2.45) is 5.73 Å². The van der Waals surface area contributed by atoms with Crippen molar-refractivity contribution >= 4 is 12.0 Å². The third-order valence-corrected chi connectivity index (χ3v) is 1.94. The molecule has 0 aliphatic rings. The maximum absolute atomic E-state index is 12.8. The van der Waals surface area contributed by atoms with Crippen LogP contribution >= 0.6 is 0 Å². The summed E-state index contributed by atoms with van der Waals surface area (Å²) in [5.41, 5.74) is 5.30. The molecule has 0 fully saturated rings. The normalized spacial score (nSPS) is 11.8. The number of carboxylic acids is 1. The number of hydrogen-bond donors (Lipinski definition) is 3. The fraction of sp³-hybridized carbons (Fsp3) is 0.200. The van der Waals surface area contributed by atoms with Crippen LogP contribution in [0.5, 0.6) is 0 Å². The van der Waals surface area contributed by atoms with Crippen LogP contribution in [0.4, 0.5) is 9.18 Å². The first kappa shape index (κ1) is 12.0. The Kier molecular flexibility index (Phi) is 3.82. The number of carbonyl (C=O) groups excluding carboxylic acids is 1. The number of carbonyl (C=O) groups is 2. The van der Waals surface area contributed by atoms with Crippen LogP contribution in [0.25, 0.3) is 0 Å². The molecule has 1 aromatic rings. The minimum absolute atomic E-state index is 0.0178. The zero-order valence-electron chi connectivity index (χ0n) is 8.31. The number of hydrogen-bond acceptors (Lipinski definition) is 2. The topological polar surface area (TPSA) is 92.4 Å². The van der Waals surface area contributed by atoms with E-state index in [2.05, 4.69) is 5.32 Å². The molecule has 5 nitrogen and oxygen atoms in total. The summed E-state index contributed by atoms with van der Waals surface area (Å²) < 4.78 is 12.8. The monoisotopic (exact) mass is 226 g/mol. The summed E-state index contributed by atoms with van der Waals surface area (Å²) in [5, 5.41) is 10.9. The van der Waals surface area contributed by atoms with Crippen molar-refractivity contribution in [3.05, 3.63) is 35.6 Å². The van der Waals surface area contributed by atoms with Gasteiger partial charge in [0.25, 0.3) is 0 Å². The van der Waals surface area contributed by atoms with Crippen LogP contribution in [0.1, 0.15) is 5.56 Å². The Morgan fingerprint density at radius 2 is 2.19 bits per heavy atom. The van der Waals surface area contributed by atoms with Gasteiger partial charge < -0.3 is 16.2 Å². The molecule has 0 bridgehead atoms. The minimum Gasteiger partial charge on any atom is -0.480 e. The number of amides is 2. The van der Waals surface area contributed by atoms with Gasteiger partial charge >= 0.3 is 12.0 Å². The Bertz CT molecular complexity index is 409. The van der Waals surface area contributed by atoms with Gasteiger partial charge in [-0.15, -0.1) is 0 Å². The number of benzene rings is 1. The highest BCUT2D eigenvalue weighted by Gasteiger charge is 2.19. The highest BCUT2D eigenvalue weighted by Crippen LogP contribution is 2.06. The van der Waals surface area contributed by atoms with E-state index in [1.807, 2.05) is 0 Å². The first-order valence-electron chi connectivity index (χ1n) is 4.52. The van der Waals surface area contributed by atoms with Gasteiger partial charge in [0.15, 0.2) is 0 Å². The molecule has 0 radical (unpaired) electrons. The predicted molar refractivity (Wildman–Crippen MR) is 54.2 cm³/mol. The van der Waals surface area contributed by atoms with Gasteiger partial charge in [-0.1, -0.05) is 12.1 Å². The molecule has 1 atom stereocenters. The van der Waals surface area contributed by atoms with Gasteiger partial charge in [-0.05, 0) is 17.7 Å². The summed E-state index contributed by atoms with van der Waals surface area (Å²) in [6.07, 6.45) is -0.0178. The molecule has 4 N–H and O–H groups in total. The van der Waals surface area contributed by atoms with Crippen molar-refractivity contribution in [3.8, 4) is 0 Å². The number of halogens is 1. The van der Waals surface area contributed by atoms with Crippen molar-refractivity contribution in [1.82, 2.24) is 5.32 Å². The van der Waals surface area contributed by atoms with Crippen molar-refractivity contribution in [2.75, 3.05) is 0 Å². The number of nitrogens with two attached hydrogens (primary N) is 1. The average molecular weight is 226 g/mol. The second kappa shape index (κ2) is 5.11. The number of urea groups is 1. The SMILES string of the molecule is NC(=O)N[C@H](Cc1cccc(F)c1)C(=O)O. The maximum atomic E-state index is 12.8. The molecular weight excluding hydrogens is 215 g/mol. The predicted octanol–water partition coefficient (Wildman–Crippen LogP) is 0.490. The third-order valence-electron chi connectivity index (χ3n) is 1.94. The number of carboxylic acid groups (broad SMARTS) is 1. The van der Waals surface area contributed by atoms with E-state index in [9.17, 15) is 14.0 Å². The summed E-state index contributed by atoms with van der Waals surface area (Å²) in [6.45, 7) is 0. The van der Waals surface area contributed by atoms with Crippen LogP contribution < -0.4 is 11.1 Å². The van der Waals surface area contributed by atoms with Crippen molar-refractivity contribution in [1.29, 1.82) is 0 Å². The average Bonchev–Trinajstić information content (AvgIpc) is 2.15. The van der Waals surface area contributed by atoms with Crippen LogP contribution in [-0.4, -0.2) is 23.1 Å². The van der Waals surface area contributed by atoms with Gasteiger partial charge in [-0.2, -0.15) is 0 Å². The fourth-order valence-corrected chi connectivity index (χ4v) is 1.27. The zero-order chi connectivity index (χ0) is 12.1. The Balaban J connectivity index is 2.75. The van der Waals surface area contributed by atoms with E-state index in [0.717, 1.165) is 0 Å². The van der Waals surface area contributed by atoms with Gasteiger partial charge in [0, 0.05) is 6.42 Å². The number of primary amides is 1. The van der Waals surface area contributed by atoms with E-state index in [0.29, 0.717) is 5.56 Å². The van der Waals surface area contributed by atoms with Crippen LogP contribution in [-0.2, 0) is 11.2 Å². The molecule has 0 saturated carbocycles. The van der Waals surface area contributed by atoms with Crippen LogP contribution in [0.2, 0.25) is 0 Å². The molecule has 0 spiro atoms. The number of nitrogens with one attached hydrogen (secondary N) is 1. The molecule has 0 saturated heterocycles. The highest BCUT2D eigenvalue weighted by molar-refractivity contribution is 5.81. The lowest BCUT2D eigenvalue weighted by atomic mass is 10.1. The van der Waals surface area contributed by atoms with Gasteiger partial charge in [0.2, 0.25) is 0 Å². The van der Waals surface area contributed by atoms with E-state index < -0.39 is 23.9 Å². The molecule has 0 aliphatic heterocycles. The summed E-state index contributed by atoms with van der Waals surface area (Å²) in [7, 11) is 0. The second-order valence-electron chi connectivity index (χ2n) is 3.23. The third kappa shape index (κ3) is 3.56. The summed E-state index contributed by atoms with van der Waals surface area (Å²) in [6, 6.07) is 3.41. The Labute approximate surface area is 91.1 Å². The van der Waals surface area contributed by atoms with Gasteiger partial charge in [0.1, 0.15) is 11.9 Å². The molecule has 2 amide bonds. The molecule has 1 aromatic carbocycles. The quantitative estimate of drug-likeness (QED) is 0.697. The molecule has 0 heterocycles. The molecule has 86 valence electrons. The summed E-state index contributed by atoms with van der Waals surface area (Å²) >= 11 is 0. The first-order chi connectivity index (χ1) is 7.49. The Morgan fingerprint density at radius 1 is 1.50 bits per heavy atom. The van der Waals surface area contributed by atoms with E-state index >= 15 is 0 Å². The summed E-state index contributed by atoms with van der Waals surface area (Å²) in [5.74, 6) is -1.68. The van der Waals surface area contributed by atoms with E-state index in [1.165, 1.54) is 18.2 Å². The molecule has 0 aromatic heterocycles. The maximum Gasteiger partial charge on any atom is 0.326 e. The lowest BCUT2D eigenvalue weighted by molar-refractivity contribution is -0.139. The largest absolute Gasteiger partial charge is 0.480 e. The minimum atomic E-state index is -1.22. The smallest absolute Gasteiger partial charge is 0.326 e. The Hall–Kier alpha value is -2.11. The van der Waals surface area contributed by atoms with Gasteiger partial charge in [-0.25, -0.2) is 14.0 Å². The number of rotatable bonds is 4. The molecule has 6 heteroatoms.